The van der Waals surface area contributed by atoms with E-state index in [-0.39, 0.29) is 5.16 Å². The van der Waals surface area contributed by atoms with Crippen LogP contribution in [0.15, 0.2) is 23.4 Å². The Kier molecular flexibility index (Phi) is 3.22. The lowest BCUT2D eigenvalue weighted by Gasteiger charge is -1.98. The zero-order valence-corrected chi connectivity index (χ0v) is 10.6. The third-order valence-corrected chi connectivity index (χ3v) is 3.44. The summed E-state index contributed by atoms with van der Waals surface area (Å²) >= 11 is 0. The molecule has 0 aliphatic rings. The SMILES string of the molecule is C=S(=O)(O)c1nc2ccc(CCCC)cc2[nH]1. The molecule has 2 N–H and O–H groups in total. The van der Waals surface area contributed by atoms with Gasteiger partial charge >= 0.3 is 0 Å². The maximum absolute atomic E-state index is 11.4. The molecule has 17 heavy (non-hydrogen) atoms. The van der Waals surface area contributed by atoms with Crippen molar-refractivity contribution in [2.75, 3.05) is 0 Å². The Morgan fingerprint density at radius 3 is 2.94 bits per heavy atom. The third kappa shape index (κ3) is 2.68. The number of aryl methyl sites for hydroxylation is 1. The van der Waals surface area contributed by atoms with Gasteiger partial charge in [-0.2, -0.15) is 0 Å². The smallest absolute Gasteiger partial charge is 0.214 e. The first-order valence-corrected chi connectivity index (χ1v) is 7.27. The largest absolute Gasteiger partial charge is 0.329 e. The van der Waals surface area contributed by atoms with Gasteiger partial charge in [0.1, 0.15) is 9.80 Å². The van der Waals surface area contributed by atoms with Gasteiger partial charge in [-0.15, -0.1) is 0 Å². The van der Waals surface area contributed by atoms with Crippen molar-refractivity contribution in [1.29, 1.82) is 0 Å². The fourth-order valence-electron chi connectivity index (χ4n) is 1.72. The van der Waals surface area contributed by atoms with Crippen LogP contribution in [0.4, 0.5) is 0 Å². The molecule has 1 atom stereocenters. The monoisotopic (exact) mass is 252 g/mol. The molecule has 0 aliphatic carbocycles. The number of unbranched alkanes of at least 4 members (excludes halogenated alkanes) is 1. The van der Waals surface area contributed by atoms with E-state index in [1.54, 1.807) is 0 Å². The summed E-state index contributed by atoms with van der Waals surface area (Å²) in [6, 6.07) is 5.85. The molecule has 0 saturated carbocycles. The van der Waals surface area contributed by atoms with Gasteiger partial charge in [0.25, 0.3) is 0 Å². The standard InChI is InChI=1S/C12H16N2O2S/c1-3-4-5-9-6-7-10-11(8-9)14-12(13-10)17(2,15)16/h6-8H,2-5H2,1H3,(H,13,14)(H,15,16). The molecule has 0 spiro atoms. The number of aromatic amines is 1. The molecule has 2 aromatic rings. The van der Waals surface area contributed by atoms with Crippen molar-refractivity contribution in [3.8, 4) is 0 Å². The molecule has 0 radical (unpaired) electrons. The van der Waals surface area contributed by atoms with Gasteiger partial charge in [-0.05, 0) is 36.4 Å². The van der Waals surface area contributed by atoms with E-state index in [4.69, 9.17) is 0 Å². The van der Waals surface area contributed by atoms with E-state index in [1.807, 2.05) is 18.2 Å². The van der Waals surface area contributed by atoms with Crippen LogP contribution in [-0.4, -0.2) is 24.6 Å². The summed E-state index contributed by atoms with van der Waals surface area (Å²) in [4.78, 5) is 6.92. The average Bonchev–Trinajstić information content (AvgIpc) is 2.68. The number of benzene rings is 1. The molecule has 1 heterocycles. The first kappa shape index (κ1) is 12.1. The minimum atomic E-state index is -3.26. The van der Waals surface area contributed by atoms with E-state index in [1.165, 1.54) is 5.56 Å². The van der Waals surface area contributed by atoms with Crippen molar-refractivity contribution < 1.29 is 8.76 Å². The lowest BCUT2D eigenvalue weighted by atomic mass is 10.1. The van der Waals surface area contributed by atoms with E-state index >= 15 is 0 Å². The zero-order chi connectivity index (χ0) is 12.5. The maximum atomic E-state index is 11.4. The highest BCUT2D eigenvalue weighted by atomic mass is 32.2. The molecular formula is C12H16N2O2S. The number of hydrogen-bond acceptors (Lipinski definition) is 2. The molecule has 4 nitrogen and oxygen atoms in total. The second-order valence-corrected chi connectivity index (χ2v) is 5.81. The zero-order valence-electron chi connectivity index (χ0n) is 9.77. The van der Waals surface area contributed by atoms with Gasteiger partial charge in [0.2, 0.25) is 5.16 Å². The summed E-state index contributed by atoms with van der Waals surface area (Å²) in [6.45, 7) is 2.15. The topological polar surface area (TPSA) is 66.0 Å². The predicted octanol–water partition coefficient (Wildman–Crippen LogP) is 2.45. The number of fused-ring (bicyclic) bond motifs is 1. The van der Waals surface area contributed by atoms with Crippen LogP contribution in [-0.2, 0) is 16.2 Å². The quantitative estimate of drug-likeness (QED) is 0.821. The Labute approximate surface area is 101 Å². The molecule has 1 unspecified atom stereocenters. The van der Waals surface area contributed by atoms with Crippen molar-refractivity contribution in [2.24, 2.45) is 0 Å². The van der Waals surface area contributed by atoms with Gasteiger partial charge in [-0.3, -0.25) is 0 Å². The van der Waals surface area contributed by atoms with Gasteiger partial charge in [-0.1, -0.05) is 19.4 Å². The Balaban J connectivity index is 2.41. The maximum Gasteiger partial charge on any atom is 0.214 e. The summed E-state index contributed by atoms with van der Waals surface area (Å²) in [7, 11) is -3.26. The lowest BCUT2D eigenvalue weighted by molar-refractivity contribution is 0.553. The Bertz CT molecular complexity index is 629. The molecule has 92 valence electrons. The second kappa shape index (κ2) is 4.50. The molecular weight excluding hydrogens is 236 g/mol. The first-order chi connectivity index (χ1) is 8.00. The molecule has 5 heteroatoms. The highest BCUT2D eigenvalue weighted by Gasteiger charge is 2.09. The van der Waals surface area contributed by atoms with Crippen molar-refractivity contribution in [2.45, 2.75) is 31.3 Å². The van der Waals surface area contributed by atoms with Crippen LogP contribution in [0, 0.1) is 0 Å². The molecule has 1 aromatic heterocycles. The molecule has 0 fully saturated rings. The van der Waals surface area contributed by atoms with Gasteiger partial charge in [0.05, 0.1) is 11.0 Å². The highest BCUT2D eigenvalue weighted by molar-refractivity contribution is 7.94. The predicted molar refractivity (Wildman–Crippen MR) is 70.9 cm³/mol. The van der Waals surface area contributed by atoms with Crippen molar-refractivity contribution in [3.63, 3.8) is 0 Å². The third-order valence-electron chi connectivity index (χ3n) is 2.65. The highest BCUT2D eigenvalue weighted by Crippen LogP contribution is 2.17. The van der Waals surface area contributed by atoms with Crippen LogP contribution in [0.5, 0.6) is 0 Å². The Hall–Kier alpha value is -1.33. The lowest BCUT2D eigenvalue weighted by Crippen LogP contribution is -1.99. The van der Waals surface area contributed by atoms with Crippen LogP contribution in [0.1, 0.15) is 25.3 Å². The molecule has 0 amide bonds. The van der Waals surface area contributed by atoms with Gasteiger partial charge in [-0.25, -0.2) is 9.19 Å². The number of rotatable bonds is 4. The Morgan fingerprint density at radius 1 is 1.53 bits per heavy atom. The first-order valence-electron chi connectivity index (χ1n) is 5.59. The van der Waals surface area contributed by atoms with Gasteiger partial charge in [0, 0.05) is 0 Å². The van der Waals surface area contributed by atoms with E-state index in [2.05, 4.69) is 22.8 Å². The number of imidazole rings is 1. The number of nitrogens with zero attached hydrogens (tertiary/aromatic N) is 1. The van der Waals surface area contributed by atoms with Crippen LogP contribution in [0.3, 0.4) is 0 Å². The minimum Gasteiger partial charge on any atom is -0.329 e. The van der Waals surface area contributed by atoms with Crippen molar-refractivity contribution >= 4 is 26.7 Å². The molecule has 0 bridgehead atoms. The number of aromatic nitrogens is 2. The van der Waals surface area contributed by atoms with Crippen LogP contribution in [0.2, 0.25) is 0 Å². The molecule has 0 aliphatic heterocycles. The summed E-state index contributed by atoms with van der Waals surface area (Å²) in [5, 5.41) is 0.0418. The molecule has 2 rings (SSSR count). The second-order valence-electron chi connectivity index (χ2n) is 4.14. The number of nitrogens with one attached hydrogen (secondary N) is 1. The van der Waals surface area contributed by atoms with Gasteiger partial charge in [0.15, 0.2) is 0 Å². The molecule has 0 saturated heterocycles. The van der Waals surface area contributed by atoms with E-state index in [0.717, 1.165) is 24.8 Å². The van der Waals surface area contributed by atoms with Crippen LogP contribution in [0.25, 0.3) is 11.0 Å². The summed E-state index contributed by atoms with van der Waals surface area (Å²) < 4.78 is 20.7. The fraction of sp³-hybridized carbons (Fsp3) is 0.333. The van der Waals surface area contributed by atoms with Gasteiger partial charge < -0.3 is 9.54 Å². The van der Waals surface area contributed by atoms with E-state index in [0.29, 0.717) is 5.52 Å². The van der Waals surface area contributed by atoms with E-state index in [9.17, 15) is 8.76 Å². The normalized spacial score (nSPS) is 14.9. The summed E-state index contributed by atoms with van der Waals surface area (Å²) in [5.41, 5.74) is 2.70. The van der Waals surface area contributed by atoms with Crippen molar-refractivity contribution in [3.05, 3.63) is 23.8 Å². The Morgan fingerprint density at radius 2 is 2.29 bits per heavy atom. The summed E-state index contributed by atoms with van der Waals surface area (Å²) in [6.07, 6.45) is 3.30. The van der Waals surface area contributed by atoms with Crippen LogP contribution >= 0.6 is 0 Å². The minimum absolute atomic E-state index is 0.0418. The van der Waals surface area contributed by atoms with Crippen molar-refractivity contribution in [1.82, 2.24) is 9.97 Å². The fourth-order valence-corrected chi connectivity index (χ4v) is 2.23. The number of H-pyrrole nitrogens is 1. The van der Waals surface area contributed by atoms with Crippen LogP contribution < -0.4 is 0 Å². The molecule has 1 aromatic carbocycles. The summed E-state index contributed by atoms with van der Waals surface area (Å²) in [5.74, 6) is 3.20. The average molecular weight is 252 g/mol. The van der Waals surface area contributed by atoms with E-state index < -0.39 is 9.80 Å². The number of hydrogen-bond donors (Lipinski definition) is 2.